The van der Waals surface area contributed by atoms with Crippen molar-refractivity contribution < 1.29 is 9.47 Å². The van der Waals surface area contributed by atoms with Gasteiger partial charge in [0.1, 0.15) is 0 Å². The van der Waals surface area contributed by atoms with Crippen molar-refractivity contribution in [1.29, 1.82) is 0 Å². The SMILES string of the molecule is COc1ccc(CNCC2(N)CC2)cc1OC. The number of hydrogen-bond acceptors (Lipinski definition) is 4. The normalized spacial score (nSPS) is 16.6. The molecule has 0 bridgehead atoms. The third-order valence-electron chi connectivity index (χ3n) is 3.15. The zero-order valence-electron chi connectivity index (χ0n) is 10.5. The first kappa shape index (κ1) is 12.2. The van der Waals surface area contributed by atoms with Crippen molar-refractivity contribution in [2.45, 2.75) is 24.9 Å². The Morgan fingerprint density at radius 3 is 2.53 bits per heavy atom. The Bertz CT molecular complexity index is 389. The average molecular weight is 236 g/mol. The maximum Gasteiger partial charge on any atom is 0.161 e. The van der Waals surface area contributed by atoms with Gasteiger partial charge in [-0.1, -0.05) is 6.07 Å². The molecule has 17 heavy (non-hydrogen) atoms. The van der Waals surface area contributed by atoms with E-state index in [1.165, 1.54) is 5.56 Å². The van der Waals surface area contributed by atoms with Crippen LogP contribution in [-0.2, 0) is 6.54 Å². The molecule has 0 aliphatic heterocycles. The van der Waals surface area contributed by atoms with Crippen molar-refractivity contribution in [3.63, 3.8) is 0 Å². The smallest absolute Gasteiger partial charge is 0.161 e. The van der Waals surface area contributed by atoms with E-state index in [1.807, 2.05) is 18.2 Å². The molecule has 1 aromatic carbocycles. The van der Waals surface area contributed by atoms with E-state index < -0.39 is 0 Å². The van der Waals surface area contributed by atoms with Crippen LogP contribution in [-0.4, -0.2) is 26.3 Å². The van der Waals surface area contributed by atoms with Gasteiger partial charge in [0.25, 0.3) is 0 Å². The summed E-state index contributed by atoms with van der Waals surface area (Å²) in [5.41, 5.74) is 7.23. The highest BCUT2D eigenvalue weighted by molar-refractivity contribution is 5.42. The quantitative estimate of drug-likeness (QED) is 0.781. The van der Waals surface area contributed by atoms with Crippen LogP contribution in [0.1, 0.15) is 18.4 Å². The molecule has 0 amide bonds. The maximum absolute atomic E-state index is 6.01. The van der Waals surface area contributed by atoms with Crippen LogP contribution < -0.4 is 20.5 Å². The highest BCUT2D eigenvalue weighted by Gasteiger charge is 2.37. The van der Waals surface area contributed by atoms with Gasteiger partial charge in [0.2, 0.25) is 0 Å². The molecule has 1 aliphatic rings. The van der Waals surface area contributed by atoms with Crippen LogP contribution in [0, 0.1) is 0 Å². The minimum Gasteiger partial charge on any atom is -0.493 e. The van der Waals surface area contributed by atoms with Gasteiger partial charge in [0.05, 0.1) is 14.2 Å². The van der Waals surface area contributed by atoms with Crippen molar-refractivity contribution in [3.8, 4) is 11.5 Å². The Hall–Kier alpha value is -1.26. The molecule has 1 aliphatic carbocycles. The lowest BCUT2D eigenvalue weighted by Gasteiger charge is -2.12. The van der Waals surface area contributed by atoms with Gasteiger partial charge in [-0.25, -0.2) is 0 Å². The minimum absolute atomic E-state index is 0.0521. The van der Waals surface area contributed by atoms with E-state index in [1.54, 1.807) is 14.2 Å². The first-order chi connectivity index (χ1) is 8.17. The number of ether oxygens (including phenoxy) is 2. The van der Waals surface area contributed by atoms with E-state index in [2.05, 4.69) is 5.32 Å². The van der Waals surface area contributed by atoms with Crippen molar-refractivity contribution in [3.05, 3.63) is 23.8 Å². The second-order valence-corrected chi connectivity index (χ2v) is 4.66. The molecule has 4 heteroatoms. The first-order valence-electron chi connectivity index (χ1n) is 5.87. The van der Waals surface area contributed by atoms with E-state index in [0.717, 1.165) is 37.4 Å². The highest BCUT2D eigenvalue weighted by atomic mass is 16.5. The average Bonchev–Trinajstić information content (AvgIpc) is 3.07. The van der Waals surface area contributed by atoms with Gasteiger partial charge < -0.3 is 20.5 Å². The molecule has 1 aromatic rings. The summed E-state index contributed by atoms with van der Waals surface area (Å²) in [4.78, 5) is 0. The van der Waals surface area contributed by atoms with Crippen molar-refractivity contribution in [2.24, 2.45) is 5.73 Å². The number of hydrogen-bond donors (Lipinski definition) is 2. The standard InChI is InChI=1S/C13H20N2O2/c1-16-11-4-3-10(7-12(11)17-2)8-15-9-13(14)5-6-13/h3-4,7,15H,5-6,8-9,14H2,1-2H3. The van der Waals surface area contributed by atoms with Crippen LogP contribution in [0.2, 0.25) is 0 Å². The van der Waals surface area contributed by atoms with E-state index in [0.29, 0.717) is 0 Å². The van der Waals surface area contributed by atoms with Gasteiger partial charge in [0.15, 0.2) is 11.5 Å². The van der Waals surface area contributed by atoms with Crippen molar-refractivity contribution >= 4 is 0 Å². The molecule has 0 atom stereocenters. The van der Waals surface area contributed by atoms with Gasteiger partial charge in [-0.3, -0.25) is 0 Å². The molecular weight excluding hydrogens is 216 g/mol. The largest absolute Gasteiger partial charge is 0.493 e. The number of rotatable bonds is 6. The lowest BCUT2D eigenvalue weighted by atomic mass is 10.2. The molecule has 2 rings (SSSR count). The molecule has 0 aromatic heterocycles. The molecule has 94 valence electrons. The van der Waals surface area contributed by atoms with Crippen LogP contribution >= 0.6 is 0 Å². The van der Waals surface area contributed by atoms with E-state index in [9.17, 15) is 0 Å². The Morgan fingerprint density at radius 2 is 1.94 bits per heavy atom. The molecular formula is C13H20N2O2. The summed E-state index contributed by atoms with van der Waals surface area (Å²) in [6.45, 7) is 1.68. The molecule has 0 unspecified atom stereocenters. The lowest BCUT2D eigenvalue weighted by Crippen LogP contribution is -2.35. The number of nitrogens with one attached hydrogen (secondary N) is 1. The molecule has 1 fully saturated rings. The predicted octanol–water partition coefficient (Wildman–Crippen LogP) is 1.28. The van der Waals surface area contributed by atoms with Crippen LogP contribution in [0.3, 0.4) is 0 Å². The molecule has 0 heterocycles. The van der Waals surface area contributed by atoms with Crippen LogP contribution in [0.5, 0.6) is 11.5 Å². The molecule has 0 saturated heterocycles. The third kappa shape index (κ3) is 3.11. The zero-order valence-corrected chi connectivity index (χ0v) is 10.5. The summed E-state index contributed by atoms with van der Waals surface area (Å²) in [5.74, 6) is 1.52. The summed E-state index contributed by atoms with van der Waals surface area (Å²) < 4.78 is 10.5. The summed E-state index contributed by atoms with van der Waals surface area (Å²) in [6.07, 6.45) is 2.26. The zero-order chi connectivity index (χ0) is 12.3. The summed E-state index contributed by atoms with van der Waals surface area (Å²) in [6, 6.07) is 5.94. The first-order valence-corrected chi connectivity index (χ1v) is 5.87. The Kier molecular flexibility index (Phi) is 3.54. The molecule has 3 N–H and O–H groups in total. The van der Waals surface area contributed by atoms with Crippen LogP contribution in [0.25, 0.3) is 0 Å². The summed E-state index contributed by atoms with van der Waals surface area (Å²) in [5, 5.41) is 3.37. The van der Waals surface area contributed by atoms with Crippen molar-refractivity contribution in [2.75, 3.05) is 20.8 Å². The van der Waals surface area contributed by atoms with Crippen LogP contribution in [0.4, 0.5) is 0 Å². The van der Waals surface area contributed by atoms with E-state index in [-0.39, 0.29) is 5.54 Å². The number of methoxy groups -OCH3 is 2. The topological polar surface area (TPSA) is 56.5 Å². The van der Waals surface area contributed by atoms with Crippen LogP contribution in [0.15, 0.2) is 18.2 Å². The fraction of sp³-hybridized carbons (Fsp3) is 0.538. The Labute approximate surface area is 102 Å². The maximum atomic E-state index is 6.01. The molecule has 0 radical (unpaired) electrons. The highest BCUT2D eigenvalue weighted by Crippen LogP contribution is 2.31. The Morgan fingerprint density at radius 1 is 1.24 bits per heavy atom. The second-order valence-electron chi connectivity index (χ2n) is 4.66. The van der Waals surface area contributed by atoms with Crippen molar-refractivity contribution in [1.82, 2.24) is 5.32 Å². The minimum atomic E-state index is 0.0521. The Balaban J connectivity index is 1.91. The number of benzene rings is 1. The summed E-state index contributed by atoms with van der Waals surface area (Å²) >= 11 is 0. The van der Waals surface area contributed by atoms with Gasteiger partial charge in [-0.15, -0.1) is 0 Å². The monoisotopic (exact) mass is 236 g/mol. The molecule has 0 spiro atoms. The lowest BCUT2D eigenvalue weighted by molar-refractivity contribution is 0.354. The summed E-state index contributed by atoms with van der Waals surface area (Å²) in [7, 11) is 3.29. The molecule has 4 nitrogen and oxygen atoms in total. The number of nitrogens with two attached hydrogens (primary N) is 1. The van der Waals surface area contributed by atoms with Gasteiger partial charge in [0, 0.05) is 18.6 Å². The second kappa shape index (κ2) is 4.94. The van der Waals surface area contributed by atoms with Gasteiger partial charge in [-0.2, -0.15) is 0 Å². The van der Waals surface area contributed by atoms with Gasteiger partial charge >= 0.3 is 0 Å². The fourth-order valence-corrected chi connectivity index (χ4v) is 1.78. The predicted molar refractivity (Wildman–Crippen MR) is 67.4 cm³/mol. The van der Waals surface area contributed by atoms with Gasteiger partial charge in [-0.05, 0) is 30.5 Å². The van der Waals surface area contributed by atoms with E-state index >= 15 is 0 Å². The molecule has 1 saturated carbocycles. The fourth-order valence-electron chi connectivity index (χ4n) is 1.78. The van der Waals surface area contributed by atoms with E-state index in [4.69, 9.17) is 15.2 Å². The third-order valence-corrected chi connectivity index (χ3v) is 3.15.